The number of hydrogen-bond donors (Lipinski definition) is 2. The van der Waals surface area contributed by atoms with E-state index < -0.39 is 15.1 Å². The second-order valence-electron chi connectivity index (χ2n) is 6.85. The fraction of sp³-hybridized carbons (Fsp3) is 0.300. The number of nitrogens with one attached hydrogen (secondary N) is 2. The number of carbonyl (C=O) groups is 2. The largest absolute Gasteiger partial charge is 0.326 e. The average molecular weight is 419 g/mol. The maximum atomic E-state index is 12.9. The zero-order chi connectivity index (χ0) is 20.5. The molecule has 0 fully saturated rings. The molecule has 0 unspecified atom stereocenters. The maximum Gasteiger partial charge on any atom is 0.234 e. The van der Waals surface area contributed by atoms with Crippen molar-refractivity contribution in [3.8, 4) is 0 Å². The van der Waals surface area contributed by atoms with Crippen LogP contribution in [-0.4, -0.2) is 31.2 Å². The Bertz CT molecular complexity index is 1050. The Kier molecular flexibility index (Phi) is 5.81. The van der Waals surface area contributed by atoms with Crippen molar-refractivity contribution in [2.45, 2.75) is 42.2 Å². The van der Waals surface area contributed by atoms with Gasteiger partial charge in [0.05, 0.1) is 21.6 Å². The molecule has 0 radical (unpaired) electrons. The Labute approximate surface area is 169 Å². The molecule has 2 amide bonds. The number of fused-ring (bicyclic) bond motifs is 1. The summed E-state index contributed by atoms with van der Waals surface area (Å²) in [6.45, 7) is 5.38. The van der Waals surface area contributed by atoms with E-state index in [0.29, 0.717) is 17.1 Å². The van der Waals surface area contributed by atoms with Gasteiger partial charge in [-0.2, -0.15) is 0 Å². The molecule has 2 aromatic carbocycles. The maximum absolute atomic E-state index is 12.9. The second-order valence-corrected chi connectivity index (χ2v) is 10.2. The van der Waals surface area contributed by atoms with Crippen LogP contribution in [0.5, 0.6) is 0 Å². The lowest BCUT2D eigenvalue weighted by Gasteiger charge is -2.19. The third-order valence-electron chi connectivity index (χ3n) is 4.79. The Morgan fingerprint density at radius 2 is 2.00 bits per heavy atom. The summed E-state index contributed by atoms with van der Waals surface area (Å²) in [5.41, 5.74) is 3.18. The Morgan fingerprint density at radius 3 is 2.75 bits per heavy atom. The molecule has 1 aliphatic rings. The predicted molar refractivity (Wildman–Crippen MR) is 112 cm³/mol. The quantitative estimate of drug-likeness (QED) is 0.775. The molecule has 0 spiro atoms. The molecular weight excluding hydrogens is 396 g/mol. The smallest absolute Gasteiger partial charge is 0.234 e. The molecular formula is C20H22N2O4S2. The lowest BCUT2D eigenvalue weighted by Crippen LogP contribution is -2.26. The number of carbonyl (C=O) groups excluding carboxylic acids is 2. The van der Waals surface area contributed by atoms with Crippen LogP contribution in [0, 0.1) is 13.8 Å². The SMILES string of the molecule is Cc1cccc(NC(=O)C[C@@H](C)S(=O)(=O)c2ccc3c(c2)NC(=O)CS3)c1C. The van der Waals surface area contributed by atoms with Crippen molar-refractivity contribution in [1.82, 2.24) is 0 Å². The zero-order valence-electron chi connectivity index (χ0n) is 15.9. The van der Waals surface area contributed by atoms with Crippen molar-refractivity contribution >= 4 is 44.8 Å². The summed E-state index contributed by atoms with van der Waals surface area (Å²) in [5, 5.41) is 4.59. The van der Waals surface area contributed by atoms with Crippen LogP contribution in [0.1, 0.15) is 24.5 Å². The van der Waals surface area contributed by atoms with Crippen molar-refractivity contribution in [3.05, 3.63) is 47.5 Å². The summed E-state index contributed by atoms with van der Waals surface area (Å²) in [7, 11) is -3.72. The minimum absolute atomic E-state index is 0.0982. The van der Waals surface area contributed by atoms with Crippen molar-refractivity contribution in [1.29, 1.82) is 0 Å². The van der Waals surface area contributed by atoms with Crippen LogP contribution in [0.15, 0.2) is 46.2 Å². The molecule has 2 aromatic rings. The minimum Gasteiger partial charge on any atom is -0.326 e. The molecule has 28 heavy (non-hydrogen) atoms. The summed E-state index contributed by atoms with van der Waals surface area (Å²) in [6, 6.07) is 10.3. The summed E-state index contributed by atoms with van der Waals surface area (Å²) in [6.07, 6.45) is -0.159. The number of anilines is 2. The zero-order valence-corrected chi connectivity index (χ0v) is 17.5. The molecule has 3 rings (SSSR count). The Hall–Kier alpha value is -2.32. The lowest BCUT2D eigenvalue weighted by molar-refractivity contribution is -0.116. The van der Waals surface area contributed by atoms with E-state index in [0.717, 1.165) is 16.0 Å². The molecule has 8 heteroatoms. The lowest BCUT2D eigenvalue weighted by atomic mass is 10.1. The Balaban J connectivity index is 1.75. The molecule has 0 saturated heterocycles. The predicted octanol–water partition coefficient (Wildman–Crippen LogP) is 3.54. The number of sulfone groups is 1. The molecule has 0 bridgehead atoms. The highest BCUT2D eigenvalue weighted by Crippen LogP contribution is 2.34. The third-order valence-corrected chi connectivity index (χ3v) is 8.00. The highest BCUT2D eigenvalue weighted by atomic mass is 32.2. The van der Waals surface area contributed by atoms with Gasteiger partial charge in [0.2, 0.25) is 11.8 Å². The van der Waals surface area contributed by atoms with Gasteiger partial charge in [-0.1, -0.05) is 12.1 Å². The van der Waals surface area contributed by atoms with E-state index in [-0.39, 0.29) is 23.1 Å². The van der Waals surface area contributed by atoms with Crippen LogP contribution in [0.2, 0.25) is 0 Å². The van der Waals surface area contributed by atoms with Crippen LogP contribution in [0.25, 0.3) is 0 Å². The van der Waals surface area contributed by atoms with E-state index in [9.17, 15) is 18.0 Å². The molecule has 0 saturated carbocycles. The monoisotopic (exact) mass is 418 g/mol. The molecule has 1 atom stereocenters. The van der Waals surface area contributed by atoms with Gasteiger partial charge in [-0.15, -0.1) is 11.8 Å². The first-order valence-electron chi connectivity index (χ1n) is 8.85. The number of thioether (sulfide) groups is 1. The van der Waals surface area contributed by atoms with Crippen LogP contribution in [0.3, 0.4) is 0 Å². The van der Waals surface area contributed by atoms with Gasteiger partial charge < -0.3 is 10.6 Å². The molecule has 1 heterocycles. The van der Waals surface area contributed by atoms with Gasteiger partial charge >= 0.3 is 0 Å². The fourth-order valence-electron chi connectivity index (χ4n) is 2.93. The van der Waals surface area contributed by atoms with Crippen molar-refractivity contribution < 1.29 is 18.0 Å². The summed E-state index contributed by atoms with van der Waals surface area (Å²) >= 11 is 1.37. The van der Waals surface area contributed by atoms with E-state index in [1.807, 2.05) is 26.0 Å². The number of amides is 2. The van der Waals surface area contributed by atoms with E-state index >= 15 is 0 Å². The standard InChI is InChI=1S/C20H22N2O4S2/c1-12-5-4-6-16(14(12)3)21-19(23)9-13(2)28(25,26)15-7-8-18-17(10-15)22-20(24)11-27-18/h4-8,10,13H,9,11H2,1-3H3,(H,21,23)(H,22,24)/t13-/m1/s1. The number of benzene rings is 2. The van der Waals surface area contributed by atoms with Gasteiger partial charge in [0.25, 0.3) is 0 Å². The van der Waals surface area contributed by atoms with Gasteiger partial charge in [-0.25, -0.2) is 8.42 Å². The number of rotatable bonds is 5. The van der Waals surface area contributed by atoms with E-state index in [1.165, 1.54) is 30.8 Å². The first-order valence-corrected chi connectivity index (χ1v) is 11.4. The highest BCUT2D eigenvalue weighted by Gasteiger charge is 2.27. The first-order chi connectivity index (χ1) is 13.2. The fourth-order valence-corrected chi connectivity index (χ4v) is 5.09. The van der Waals surface area contributed by atoms with Crippen LogP contribution >= 0.6 is 11.8 Å². The molecule has 1 aliphatic heterocycles. The molecule has 148 valence electrons. The normalized spacial score (nSPS) is 14.8. The van der Waals surface area contributed by atoms with E-state index in [1.54, 1.807) is 12.1 Å². The first kappa shape index (κ1) is 20.4. The van der Waals surface area contributed by atoms with Crippen molar-refractivity contribution in [2.24, 2.45) is 0 Å². The van der Waals surface area contributed by atoms with E-state index in [4.69, 9.17) is 0 Å². The topological polar surface area (TPSA) is 92.3 Å². The average Bonchev–Trinajstić information content (AvgIpc) is 2.64. The Morgan fingerprint density at radius 1 is 1.25 bits per heavy atom. The summed E-state index contributed by atoms with van der Waals surface area (Å²) in [4.78, 5) is 24.9. The van der Waals surface area contributed by atoms with Gasteiger partial charge in [0.15, 0.2) is 9.84 Å². The van der Waals surface area contributed by atoms with Gasteiger partial charge in [0.1, 0.15) is 0 Å². The second kappa shape index (κ2) is 7.97. The van der Waals surface area contributed by atoms with Crippen LogP contribution in [-0.2, 0) is 19.4 Å². The summed E-state index contributed by atoms with van der Waals surface area (Å²) in [5.74, 6) is -0.201. The number of aryl methyl sites for hydroxylation is 1. The van der Waals surface area contributed by atoms with Crippen LogP contribution < -0.4 is 10.6 Å². The molecule has 0 aliphatic carbocycles. The van der Waals surface area contributed by atoms with Gasteiger partial charge in [-0.05, 0) is 56.2 Å². The van der Waals surface area contributed by atoms with Gasteiger partial charge in [0, 0.05) is 17.0 Å². The van der Waals surface area contributed by atoms with Crippen LogP contribution in [0.4, 0.5) is 11.4 Å². The van der Waals surface area contributed by atoms with Crippen molar-refractivity contribution in [3.63, 3.8) is 0 Å². The van der Waals surface area contributed by atoms with E-state index in [2.05, 4.69) is 10.6 Å². The molecule has 0 aromatic heterocycles. The highest BCUT2D eigenvalue weighted by molar-refractivity contribution is 8.00. The third kappa shape index (κ3) is 4.23. The van der Waals surface area contributed by atoms with Crippen molar-refractivity contribution in [2.75, 3.05) is 16.4 Å². The summed E-state index contributed by atoms with van der Waals surface area (Å²) < 4.78 is 25.8. The van der Waals surface area contributed by atoms with Gasteiger partial charge in [-0.3, -0.25) is 9.59 Å². The number of hydrogen-bond acceptors (Lipinski definition) is 5. The minimum atomic E-state index is -3.72. The molecule has 6 nitrogen and oxygen atoms in total. The molecule has 2 N–H and O–H groups in total.